The van der Waals surface area contributed by atoms with Crippen LogP contribution < -0.4 is 10.9 Å². The van der Waals surface area contributed by atoms with Crippen molar-refractivity contribution in [1.29, 1.82) is 0 Å². The summed E-state index contributed by atoms with van der Waals surface area (Å²) < 4.78 is 1.46. The molecule has 37 heavy (non-hydrogen) atoms. The van der Waals surface area contributed by atoms with E-state index >= 15 is 0 Å². The van der Waals surface area contributed by atoms with E-state index in [1.165, 1.54) is 52.8 Å². The lowest BCUT2D eigenvalue weighted by Crippen LogP contribution is -2.33. The number of anilines is 1. The van der Waals surface area contributed by atoms with Crippen LogP contribution in [0.4, 0.5) is 5.13 Å². The van der Waals surface area contributed by atoms with Crippen LogP contribution in [-0.2, 0) is 4.79 Å². The Morgan fingerprint density at radius 1 is 1.11 bits per heavy atom. The van der Waals surface area contributed by atoms with Gasteiger partial charge in [-0.05, 0) is 41.7 Å². The van der Waals surface area contributed by atoms with E-state index in [0.717, 1.165) is 39.7 Å². The Kier molecular flexibility index (Phi) is 6.56. The average molecular weight is 530 g/mol. The number of carbonyl (C=O) groups excluding carboxylic acids is 1. The van der Waals surface area contributed by atoms with Crippen molar-refractivity contribution >= 4 is 54.7 Å². The van der Waals surface area contributed by atoms with Gasteiger partial charge in [-0.15, -0.1) is 21.5 Å². The fourth-order valence-corrected chi connectivity index (χ4v) is 7.06. The van der Waals surface area contributed by atoms with Crippen molar-refractivity contribution < 1.29 is 4.79 Å². The fraction of sp³-hybridized carbons (Fsp3) is 0.321. The van der Waals surface area contributed by atoms with Gasteiger partial charge in [0.15, 0.2) is 0 Å². The molecule has 5 aromatic rings. The summed E-state index contributed by atoms with van der Waals surface area (Å²) in [6.45, 7) is 1.90. The first-order valence-corrected chi connectivity index (χ1v) is 14.4. The highest BCUT2D eigenvalue weighted by molar-refractivity contribution is 7.17. The minimum atomic E-state index is -0.698. The monoisotopic (exact) mass is 529 g/mol. The van der Waals surface area contributed by atoms with Crippen LogP contribution >= 0.6 is 22.7 Å². The Morgan fingerprint density at radius 3 is 2.73 bits per heavy atom. The molecule has 7 nitrogen and oxygen atoms in total. The number of rotatable bonds is 6. The second-order valence-corrected chi connectivity index (χ2v) is 11.4. The van der Waals surface area contributed by atoms with Gasteiger partial charge in [-0.1, -0.05) is 73.9 Å². The van der Waals surface area contributed by atoms with Crippen LogP contribution in [0.3, 0.4) is 0 Å². The van der Waals surface area contributed by atoms with Gasteiger partial charge >= 0.3 is 0 Å². The summed E-state index contributed by atoms with van der Waals surface area (Å²) in [5, 5.41) is 17.7. The Bertz CT molecular complexity index is 1650. The third-order valence-corrected chi connectivity index (χ3v) is 9.12. The van der Waals surface area contributed by atoms with Gasteiger partial charge in [-0.2, -0.15) is 0 Å². The van der Waals surface area contributed by atoms with Gasteiger partial charge in [-0.25, -0.2) is 4.98 Å². The summed E-state index contributed by atoms with van der Waals surface area (Å²) in [7, 11) is 0. The number of fused-ring (bicyclic) bond motifs is 2. The van der Waals surface area contributed by atoms with Crippen molar-refractivity contribution in [2.24, 2.45) is 0 Å². The molecule has 9 heteroatoms. The van der Waals surface area contributed by atoms with Crippen molar-refractivity contribution in [3.63, 3.8) is 0 Å². The number of thiophene rings is 1. The number of hydrogen-bond acceptors (Lipinski definition) is 7. The largest absolute Gasteiger partial charge is 0.299 e. The summed E-state index contributed by atoms with van der Waals surface area (Å²) in [4.78, 5) is 32.3. The van der Waals surface area contributed by atoms with Gasteiger partial charge in [0.25, 0.3) is 5.56 Å². The molecule has 1 atom stereocenters. The summed E-state index contributed by atoms with van der Waals surface area (Å²) >= 11 is 2.89. The van der Waals surface area contributed by atoms with E-state index in [4.69, 9.17) is 0 Å². The molecule has 1 unspecified atom stereocenters. The SMILES string of the molecule is CCC(C(=O)Nc1nnc(C2CCCCC2)s1)n1cnc2scc(-c3ccc4ccccc4c3)c2c1=O. The second-order valence-electron chi connectivity index (χ2n) is 9.54. The zero-order valence-corrected chi connectivity index (χ0v) is 22.1. The molecule has 0 saturated heterocycles. The van der Waals surface area contributed by atoms with Crippen molar-refractivity contribution in [1.82, 2.24) is 19.7 Å². The molecule has 1 aliphatic carbocycles. The number of nitrogens with one attached hydrogen (secondary N) is 1. The van der Waals surface area contributed by atoms with E-state index in [1.54, 1.807) is 0 Å². The van der Waals surface area contributed by atoms with Gasteiger partial charge in [-0.3, -0.25) is 19.5 Å². The summed E-state index contributed by atoms with van der Waals surface area (Å²) in [5.74, 6) is 0.153. The highest BCUT2D eigenvalue weighted by atomic mass is 32.1. The normalized spacial score (nSPS) is 15.3. The van der Waals surface area contributed by atoms with Gasteiger partial charge in [0, 0.05) is 16.9 Å². The van der Waals surface area contributed by atoms with Crippen LogP contribution in [0.5, 0.6) is 0 Å². The van der Waals surface area contributed by atoms with Crippen molar-refractivity contribution in [2.45, 2.75) is 57.4 Å². The number of benzene rings is 2. The first-order valence-electron chi connectivity index (χ1n) is 12.7. The molecule has 0 radical (unpaired) electrons. The van der Waals surface area contributed by atoms with Crippen molar-refractivity contribution in [3.05, 3.63) is 69.5 Å². The highest BCUT2D eigenvalue weighted by Crippen LogP contribution is 2.36. The van der Waals surface area contributed by atoms with E-state index in [9.17, 15) is 9.59 Å². The Labute approximate surface area is 222 Å². The number of hydrogen-bond donors (Lipinski definition) is 1. The second kappa shape index (κ2) is 10.1. The molecule has 1 N–H and O–H groups in total. The molecule has 0 spiro atoms. The van der Waals surface area contributed by atoms with E-state index in [0.29, 0.717) is 27.7 Å². The molecule has 0 aliphatic heterocycles. The van der Waals surface area contributed by atoms with Crippen LogP contribution in [0.2, 0.25) is 0 Å². The molecule has 2 aromatic carbocycles. The molecule has 6 rings (SSSR count). The number of nitrogens with zero attached hydrogens (tertiary/aromatic N) is 4. The topological polar surface area (TPSA) is 89.8 Å². The van der Waals surface area contributed by atoms with Crippen LogP contribution in [0.15, 0.2) is 59.0 Å². The van der Waals surface area contributed by atoms with E-state index in [1.807, 2.05) is 30.5 Å². The van der Waals surface area contributed by atoms with Crippen LogP contribution in [0, 0.1) is 0 Å². The van der Waals surface area contributed by atoms with E-state index < -0.39 is 6.04 Å². The third-order valence-electron chi connectivity index (χ3n) is 7.23. The van der Waals surface area contributed by atoms with Crippen molar-refractivity contribution in [3.8, 4) is 11.1 Å². The lowest BCUT2D eigenvalue weighted by Gasteiger charge is -2.18. The molecular formula is C28H27N5O2S2. The molecule has 3 heterocycles. The first-order chi connectivity index (χ1) is 18.1. The molecule has 1 fully saturated rings. The molecule has 188 valence electrons. The van der Waals surface area contributed by atoms with Crippen LogP contribution in [0.1, 0.15) is 62.4 Å². The van der Waals surface area contributed by atoms with Gasteiger partial charge in [0.05, 0.1) is 11.7 Å². The average Bonchev–Trinajstić information content (AvgIpc) is 3.58. The van der Waals surface area contributed by atoms with Gasteiger partial charge in [0.1, 0.15) is 15.9 Å². The molecule has 0 bridgehead atoms. The summed E-state index contributed by atoms with van der Waals surface area (Å²) in [6.07, 6.45) is 7.90. The van der Waals surface area contributed by atoms with Gasteiger partial charge < -0.3 is 0 Å². The minimum absolute atomic E-state index is 0.212. The molecule has 1 amide bonds. The van der Waals surface area contributed by atoms with Crippen LogP contribution in [0.25, 0.3) is 32.1 Å². The van der Waals surface area contributed by atoms with E-state index in [-0.39, 0.29) is 11.5 Å². The minimum Gasteiger partial charge on any atom is -0.299 e. The number of amides is 1. The highest BCUT2D eigenvalue weighted by Gasteiger charge is 2.25. The predicted octanol–water partition coefficient (Wildman–Crippen LogP) is 6.77. The summed E-state index contributed by atoms with van der Waals surface area (Å²) in [5.41, 5.74) is 1.59. The zero-order valence-electron chi connectivity index (χ0n) is 20.5. The molecule has 3 aromatic heterocycles. The zero-order chi connectivity index (χ0) is 25.4. The fourth-order valence-electron chi connectivity index (χ4n) is 5.23. The van der Waals surface area contributed by atoms with Crippen LogP contribution in [-0.4, -0.2) is 25.7 Å². The maximum Gasteiger partial charge on any atom is 0.263 e. The standard InChI is InChI=1S/C28H27N5O2S2/c1-2-22(24(34)30-28-32-31-25(37-28)18-9-4-3-5-10-18)33-16-29-26-23(27(33)35)21(15-36-26)20-13-12-17-8-6-7-11-19(17)14-20/h6-8,11-16,18,22H,2-5,9-10H2,1H3,(H,30,32,34). The smallest absolute Gasteiger partial charge is 0.263 e. The molecule has 1 aliphatic rings. The predicted molar refractivity (Wildman–Crippen MR) is 151 cm³/mol. The molecule has 1 saturated carbocycles. The van der Waals surface area contributed by atoms with Gasteiger partial charge in [0.2, 0.25) is 11.0 Å². The lowest BCUT2D eigenvalue weighted by molar-refractivity contribution is -0.119. The molecular weight excluding hydrogens is 502 g/mol. The van der Waals surface area contributed by atoms with Crippen molar-refractivity contribution in [2.75, 3.05) is 5.32 Å². The number of aromatic nitrogens is 4. The Morgan fingerprint density at radius 2 is 1.92 bits per heavy atom. The maximum absolute atomic E-state index is 13.7. The Hall–Kier alpha value is -3.43. The third kappa shape index (κ3) is 4.57. The van der Waals surface area contributed by atoms with E-state index in [2.05, 4.69) is 44.8 Å². The quantitative estimate of drug-likeness (QED) is 0.262. The Balaban J connectivity index is 1.31. The summed E-state index contributed by atoms with van der Waals surface area (Å²) in [6, 6.07) is 13.6. The first kappa shape index (κ1) is 23.9. The lowest BCUT2D eigenvalue weighted by atomic mass is 9.90. The maximum atomic E-state index is 13.7. The number of carbonyl (C=O) groups is 1.